The van der Waals surface area contributed by atoms with Crippen molar-refractivity contribution in [2.45, 2.75) is 53.0 Å². The van der Waals surface area contributed by atoms with Gasteiger partial charge in [0.05, 0.1) is 5.41 Å². The van der Waals surface area contributed by atoms with Crippen molar-refractivity contribution in [2.75, 3.05) is 13.1 Å². The van der Waals surface area contributed by atoms with Crippen LogP contribution in [0.2, 0.25) is 0 Å². The fraction of sp³-hybridized carbons (Fsp3) is 0.846. The molecule has 0 bridgehead atoms. The third kappa shape index (κ3) is 3.28. The van der Waals surface area contributed by atoms with Crippen LogP contribution in [0.5, 0.6) is 0 Å². The Balaban J connectivity index is 2.66. The van der Waals surface area contributed by atoms with Crippen LogP contribution in [-0.2, 0) is 9.59 Å². The zero-order chi connectivity index (χ0) is 13.1. The van der Waals surface area contributed by atoms with Gasteiger partial charge in [0.2, 0.25) is 11.8 Å². The number of carbonyl (C=O) groups excluding carboxylic acids is 2. The van der Waals surface area contributed by atoms with Gasteiger partial charge in [0.25, 0.3) is 0 Å². The van der Waals surface area contributed by atoms with Gasteiger partial charge in [-0.05, 0) is 13.0 Å². The number of nitrogens with one attached hydrogen (secondary N) is 1. The van der Waals surface area contributed by atoms with Gasteiger partial charge in [-0.3, -0.25) is 14.5 Å². The molecule has 2 amide bonds. The Bertz CT molecular complexity index is 294. The number of rotatable bonds is 6. The first kappa shape index (κ1) is 14.2. The lowest BCUT2D eigenvalue weighted by Gasteiger charge is -2.24. The Kier molecular flexibility index (Phi) is 4.69. The van der Waals surface area contributed by atoms with Crippen molar-refractivity contribution in [3.63, 3.8) is 0 Å². The summed E-state index contributed by atoms with van der Waals surface area (Å²) in [7, 11) is 0. The number of amides is 2. The minimum Gasteiger partial charge on any atom is -0.312 e. The van der Waals surface area contributed by atoms with E-state index in [9.17, 15) is 9.59 Å². The minimum atomic E-state index is -0.514. The third-order valence-corrected chi connectivity index (χ3v) is 3.25. The highest BCUT2D eigenvalue weighted by Gasteiger charge is 2.44. The van der Waals surface area contributed by atoms with E-state index in [4.69, 9.17) is 0 Å². The minimum absolute atomic E-state index is 0.0264. The van der Waals surface area contributed by atoms with Crippen molar-refractivity contribution >= 4 is 11.8 Å². The van der Waals surface area contributed by atoms with E-state index >= 15 is 0 Å². The SMILES string of the molecule is CCCC(CN1C(=O)CC(C)(C)C1=O)NCC. The summed E-state index contributed by atoms with van der Waals surface area (Å²) < 4.78 is 0. The highest BCUT2D eigenvalue weighted by molar-refractivity contribution is 6.05. The maximum atomic E-state index is 12.1. The van der Waals surface area contributed by atoms with E-state index in [1.165, 1.54) is 4.90 Å². The third-order valence-electron chi connectivity index (χ3n) is 3.25. The first-order valence-electron chi connectivity index (χ1n) is 6.50. The van der Waals surface area contributed by atoms with Crippen LogP contribution in [0.3, 0.4) is 0 Å². The molecule has 1 atom stereocenters. The molecule has 0 radical (unpaired) electrons. The lowest BCUT2D eigenvalue weighted by atomic mass is 9.92. The second-order valence-electron chi connectivity index (χ2n) is 5.41. The highest BCUT2D eigenvalue weighted by atomic mass is 16.2. The predicted molar refractivity (Wildman–Crippen MR) is 67.5 cm³/mol. The molecule has 0 spiro atoms. The lowest BCUT2D eigenvalue weighted by Crippen LogP contribution is -2.44. The zero-order valence-electron chi connectivity index (χ0n) is 11.4. The van der Waals surface area contributed by atoms with Gasteiger partial charge >= 0.3 is 0 Å². The van der Waals surface area contributed by atoms with Crippen LogP contribution in [-0.4, -0.2) is 35.8 Å². The van der Waals surface area contributed by atoms with E-state index in [0.29, 0.717) is 13.0 Å². The molecule has 1 fully saturated rings. The first-order valence-corrected chi connectivity index (χ1v) is 6.50. The predicted octanol–water partition coefficient (Wildman–Crippen LogP) is 1.55. The Morgan fingerprint density at radius 3 is 2.41 bits per heavy atom. The maximum absolute atomic E-state index is 12.1. The molecule has 0 aromatic carbocycles. The molecule has 0 aromatic rings. The summed E-state index contributed by atoms with van der Waals surface area (Å²) in [5.74, 6) is -0.0551. The van der Waals surface area contributed by atoms with Crippen molar-refractivity contribution in [3.8, 4) is 0 Å². The first-order chi connectivity index (χ1) is 7.92. The number of carbonyl (C=O) groups is 2. The molecule has 1 aliphatic heterocycles. The van der Waals surface area contributed by atoms with E-state index in [2.05, 4.69) is 12.2 Å². The van der Waals surface area contributed by atoms with Gasteiger partial charge in [0.1, 0.15) is 0 Å². The van der Waals surface area contributed by atoms with Gasteiger partial charge in [-0.25, -0.2) is 0 Å². The molecule has 4 heteroatoms. The Morgan fingerprint density at radius 1 is 1.35 bits per heavy atom. The molecule has 17 heavy (non-hydrogen) atoms. The molecule has 1 aliphatic rings. The maximum Gasteiger partial charge on any atom is 0.235 e. The van der Waals surface area contributed by atoms with Crippen molar-refractivity contribution in [1.82, 2.24) is 10.2 Å². The summed E-state index contributed by atoms with van der Waals surface area (Å²) in [6.45, 7) is 9.22. The molecule has 1 rings (SSSR count). The Labute approximate surface area is 104 Å². The molecular formula is C13H24N2O2. The van der Waals surface area contributed by atoms with Gasteiger partial charge in [0.15, 0.2) is 0 Å². The highest BCUT2D eigenvalue weighted by Crippen LogP contribution is 2.31. The van der Waals surface area contributed by atoms with Crippen LogP contribution in [0.4, 0.5) is 0 Å². The fourth-order valence-corrected chi connectivity index (χ4v) is 2.33. The summed E-state index contributed by atoms with van der Waals surface area (Å²) in [6.07, 6.45) is 2.39. The van der Waals surface area contributed by atoms with E-state index in [0.717, 1.165) is 19.4 Å². The monoisotopic (exact) mass is 240 g/mol. The Hall–Kier alpha value is -0.900. The average molecular weight is 240 g/mol. The zero-order valence-corrected chi connectivity index (χ0v) is 11.4. The van der Waals surface area contributed by atoms with Crippen molar-refractivity contribution < 1.29 is 9.59 Å². The van der Waals surface area contributed by atoms with Gasteiger partial charge in [-0.15, -0.1) is 0 Å². The van der Waals surface area contributed by atoms with E-state index < -0.39 is 5.41 Å². The van der Waals surface area contributed by atoms with E-state index in [1.54, 1.807) is 0 Å². The standard InChI is InChI=1S/C13H24N2O2/c1-5-7-10(14-6-2)9-15-11(16)8-13(3,4)12(15)17/h10,14H,5-9H2,1-4H3. The molecule has 98 valence electrons. The molecule has 1 saturated heterocycles. The molecule has 0 saturated carbocycles. The van der Waals surface area contributed by atoms with Crippen LogP contribution >= 0.6 is 0 Å². The Morgan fingerprint density at radius 2 is 2.00 bits per heavy atom. The normalized spacial score (nSPS) is 21.1. The number of hydrogen-bond acceptors (Lipinski definition) is 3. The lowest BCUT2D eigenvalue weighted by molar-refractivity contribution is -0.141. The summed E-state index contributed by atoms with van der Waals surface area (Å²) in [4.78, 5) is 25.3. The van der Waals surface area contributed by atoms with Crippen LogP contribution in [0.15, 0.2) is 0 Å². The van der Waals surface area contributed by atoms with Gasteiger partial charge in [-0.1, -0.05) is 34.1 Å². The van der Waals surface area contributed by atoms with Crippen LogP contribution in [0.25, 0.3) is 0 Å². The molecule has 1 heterocycles. The second-order valence-corrected chi connectivity index (χ2v) is 5.41. The van der Waals surface area contributed by atoms with Gasteiger partial charge in [0, 0.05) is 19.0 Å². The summed E-state index contributed by atoms with van der Waals surface area (Å²) in [5.41, 5.74) is -0.514. The largest absolute Gasteiger partial charge is 0.312 e. The molecular weight excluding hydrogens is 216 g/mol. The van der Waals surface area contributed by atoms with Crippen molar-refractivity contribution in [1.29, 1.82) is 0 Å². The van der Waals surface area contributed by atoms with Crippen LogP contribution < -0.4 is 5.32 Å². The number of likely N-dealkylation sites (tertiary alicyclic amines) is 1. The smallest absolute Gasteiger partial charge is 0.235 e. The second kappa shape index (κ2) is 5.63. The van der Waals surface area contributed by atoms with Gasteiger partial charge < -0.3 is 5.32 Å². The van der Waals surface area contributed by atoms with E-state index in [-0.39, 0.29) is 17.9 Å². The molecule has 4 nitrogen and oxygen atoms in total. The van der Waals surface area contributed by atoms with Crippen molar-refractivity contribution in [3.05, 3.63) is 0 Å². The number of nitrogens with zero attached hydrogens (tertiary/aromatic N) is 1. The number of imide groups is 1. The summed E-state index contributed by atoms with van der Waals surface area (Å²) >= 11 is 0. The molecule has 1 N–H and O–H groups in total. The summed E-state index contributed by atoms with van der Waals surface area (Å²) in [5, 5.41) is 3.33. The molecule has 0 aromatic heterocycles. The van der Waals surface area contributed by atoms with Gasteiger partial charge in [-0.2, -0.15) is 0 Å². The average Bonchev–Trinajstić information content (AvgIpc) is 2.41. The number of hydrogen-bond donors (Lipinski definition) is 1. The summed E-state index contributed by atoms with van der Waals surface area (Å²) in [6, 6.07) is 0.229. The molecule has 1 unspecified atom stereocenters. The fourth-order valence-electron chi connectivity index (χ4n) is 2.33. The van der Waals surface area contributed by atoms with Crippen LogP contribution in [0.1, 0.15) is 47.0 Å². The molecule has 0 aliphatic carbocycles. The van der Waals surface area contributed by atoms with Crippen molar-refractivity contribution in [2.24, 2.45) is 5.41 Å². The van der Waals surface area contributed by atoms with Crippen LogP contribution in [0, 0.1) is 5.41 Å². The number of likely N-dealkylation sites (N-methyl/N-ethyl adjacent to an activating group) is 1. The quantitative estimate of drug-likeness (QED) is 0.717. The van der Waals surface area contributed by atoms with E-state index in [1.807, 2.05) is 20.8 Å². The topological polar surface area (TPSA) is 49.4 Å².